The zero-order valence-corrected chi connectivity index (χ0v) is 14.1. The van der Waals surface area contributed by atoms with Crippen LogP contribution in [-0.2, 0) is 24.7 Å². The van der Waals surface area contributed by atoms with Crippen LogP contribution in [0.25, 0.3) is 0 Å². The minimum Gasteiger partial charge on any atom is -0.355 e. The Hall–Kier alpha value is -1.45. The fraction of sp³-hybridized carbons (Fsp3) is 0.462. The Labute approximate surface area is 131 Å². The molecule has 0 saturated carbocycles. The molecule has 1 atom stereocenters. The summed E-state index contributed by atoms with van der Waals surface area (Å²) in [5.74, 6) is -0.836. The molecule has 0 saturated heterocycles. The molecule has 1 aromatic carbocycles. The Morgan fingerprint density at radius 2 is 1.73 bits per heavy atom. The van der Waals surface area contributed by atoms with Gasteiger partial charge in [0.25, 0.3) is 0 Å². The molecule has 22 heavy (non-hydrogen) atoms. The van der Waals surface area contributed by atoms with E-state index in [1.165, 1.54) is 12.1 Å². The Morgan fingerprint density at radius 1 is 1.14 bits per heavy atom. The Balaban J connectivity index is 2.94. The van der Waals surface area contributed by atoms with Crippen molar-refractivity contribution in [3.8, 4) is 0 Å². The van der Waals surface area contributed by atoms with Gasteiger partial charge in [-0.2, -0.15) is 4.72 Å². The summed E-state index contributed by atoms with van der Waals surface area (Å²) >= 11 is 0. The van der Waals surface area contributed by atoms with Crippen molar-refractivity contribution in [1.29, 1.82) is 0 Å². The molecule has 1 unspecified atom stereocenters. The van der Waals surface area contributed by atoms with Crippen LogP contribution in [0, 0.1) is 0 Å². The molecule has 0 spiro atoms. The molecule has 0 aliphatic carbocycles. The smallest absolute Gasteiger partial charge is 0.241 e. The van der Waals surface area contributed by atoms with Gasteiger partial charge in [0.15, 0.2) is 0 Å². The molecule has 7 nitrogen and oxygen atoms in total. The van der Waals surface area contributed by atoms with E-state index in [0.29, 0.717) is 6.54 Å². The van der Waals surface area contributed by atoms with Crippen LogP contribution in [0.5, 0.6) is 0 Å². The molecule has 0 aliphatic heterocycles. The van der Waals surface area contributed by atoms with E-state index in [9.17, 15) is 21.6 Å². The zero-order valence-electron chi connectivity index (χ0n) is 12.4. The maximum absolute atomic E-state index is 12.2. The lowest BCUT2D eigenvalue weighted by atomic mass is 10.2. The largest absolute Gasteiger partial charge is 0.355 e. The highest BCUT2D eigenvalue weighted by Crippen LogP contribution is 2.09. The molecule has 0 heterocycles. The third-order valence-electron chi connectivity index (χ3n) is 2.80. The number of nitrogens with one attached hydrogen (secondary N) is 2. The topological polar surface area (TPSA) is 109 Å². The number of likely N-dealkylation sites (N-methyl/N-ethyl adjacent to an activating group) is 1. The lowest BCUT2D eigenvalue weighted by molar-refractivity contribution is -0.122. The molecule has 1 amide bonds. The highest BCUT2D eigenvalue weighted by Gasteiger charge is 2.26. The molecular formula is C13H20N2O5S2. The summed E-state index contributed by atoms with van der Waals surface area (Å²) in [7, 11) is -7.20. The SMILES string of the molecule is CCNC(=O)C(CCS(C)(=O)=O)NS(=O)(=O)c1ccccc1. The number of sulfone groups is 1. The van der Waals surface area contributed by atoms with Crippen LogP contribution in [0.4, 0.5) is 0 Å². The standard InChI is InChI=1S/C13H20N2O5S2/c1-3-14-13(16)12(9-10-21(2,17)18)15-22(19,20)11-7-5-4-6-8-11/h4-8,12,15H,3,9-10H2,1-2H3,(H,14,16). The predicted molar refractivity (Wildman–Crippen MR) is 83.6 cm³/mol. The highest BCUT2D eigenvalue weighted by atomic mass is 32.2. The van der Waals surface area contributed by atoms with Gasteiger partial charge in [-0.15, -0.1) is 0 Å². The monoisotopic (exact) mass is 348 g/mol. The summed E-state index contributed by atoms with van der Waals surface area (Å²) in [6.45, 7) is 2.01. The number of carbonyl (C=O) groups excluding carboxylic acids is 1. The molecule has 1 rings (SSSR count). The molecule has 1 aromatic rings. The Bertz CT molecular complexity index is 699. The van der Waals surface area contributed by atoms with Gasteiger partial charge < -0.3 is 5.32 Å². The molecule has 2 N–H and O–H groups in total. The number of rotatable bonds is 8. The summed E-state index contributed by atoms with van der Waals surface area (Å²) in [6, 6.07) is 6.45. The van der Waals surface area contributed by atoms with E-state index in [-0.39, 0.29) is 17.1 Å². The van der Waals surface area contributed by atoms with Crippen molar-refractivity contribution in [2.45, 2.75) is 24.3 Å². The molecule has 124 valence electrons. The van der Waals surface area contributed by atoms with Crippen molar-refractivity contribution in [2.75, 3.05) is 18.6 Å². The molecule has 0 aliphatic rings. The van der Waals surface area contributed by atoms with Crippen molar-refractivity contribution in [1.82, 2.24) is 10.0 Å². The van der Waals surface area contributed by atoms with Crippen LogP contribution in [0.2, 0.25) is 0 Å². The van der Waals surface area contributed by atoms with E-state index < -0.39 is 31.8 Å². The first kappa shape index (κ1) is 18.6. The zero-order chi connectivity index (χ0) is 16.8. The fourth-order valence-electron chi connectivity index (χ4n) is 1.73. The number of amides is 1. The van der Waals surface area contributed by atoms with Crippen LogP contribution in [0.15, 0.2) is 35.2 Å². The van der Waals surface area contributed by atoms with Crippen LogP contribution >= 0.6 is 0 Å². The summed E-state index contributed by atoms with van der Waals surface area (Å²) in [4.78, 5) is 12.0. The fourth-order valence-corrected chi connectivity index (χ4v) is 3.64. The first-order valence-corrected chi connectivity index (χ1v) is 10.2. The second-order valence-corrected chi connectivity index (χ2v) is 8.77. The first-order valence-electron chi connectivity index (χ1n) is 6.68. The second-order valence-electron chi connectivity index (χ2n) is 4.80. The van der Waals surface area contributed by atoms with Crippen LogP contribution < -0.4 is 10.0 Å². The van der Waals surface area contributed by atoms with E-state index in [4.69, 9.17) is 0 Å². The van der Waals surface area contributed by atoms with Gasteiger partial charge in [0.1, 0.15) is 15.9 Å². The van der Waals surface area contributed by atoms with Gasteiger partial charge in [0, 0.05) is 12.8 Å². The number of sulfonamides is 1. The first-order chi connectivity index (χ1) is 10.2. The molecule has 9 heteroatoms. The number of benzene rings is 1. The third-order valence-corrected chi connectivity index (χ3v) is 5.26. The van der Waals surface area contributed by atoms with Gasteiger partial charge in [-0.3, -0.25) is 4.79 Å². The minimum absolute atomic E-state index is 0.0173. The van der Waals surface area contributed by atoms with Crippen molar-refractivity contribution in [3.63, 3.8) is 0 Å². The normalized spacial score (nSPS) is 13.5. The average molecular weight is 348 g/mol. The van der Waals surface area contributed by atoms with Crippen molar-refractivity contribution >= 4 is 25.8 Å². The summed E-state index contributed by atoms with van der Waals surface area (Å²) in [5, 5.41) is 2.50. The van der Waals surface area contributed by atoms with E-state index in [2.05, 4.69) is 10.0 Å². The van der Waals surface area contributed by atoms with Gasteiger partial charge in [-0.05, 0) is 25.5 Å². The van der Waals surface area contributed by atoms with E-state index in [1.807, 2.05) is 0 Å². The maximum atomic E-state index is 12.2. The summed E-state index contributed by atoms with van der Waals surface area (Å²) in [6.07, 6.45) is 0.907. The van der Waals surface area contributed by atoms with Gasteiger partial charge in [0.05, 0.1) is 10.6 Å². The predicted octanol–water partition coefficient (Wildman–Crippen LogP) is -0.0957. The van der Waals surface area contributed by atoms with Crippen molar-refractivity contribution in [3.05, 3.63) is 30.3 Å². The van der Waals surface area contributed by atoms with Crippen LogP contribution in [0.1, 0.15) is 13.3 Å². The molecular weight excluding hydrogens is 328 g/mol. The second kappa shape index (κ2) is 7.70. The number of hydrogen-bond donors (Lipinski definition) is 2. The highest BCUT2D eigenvalue weighted by molar-refractivity contribution is 7.90. The van der Waals surface area contributed by atoms with E-state index >= 15 is 0 Å². The number of hydrogen-bond acceptors (Lipinski definition) is 5. The van der Waals surface area contributed by atoms with Crippen molar-refractivity contribution < 1.29 is 21.6 Å². The van der Waals surface area contributed by atoms with E-state index in [0.717, 1.165) is 6.26 Å². The van der Waals surface area contributed by atoms with Crippen LogP contribution in [0.3, 0.4) is 0 Å². The minimum atomic E-state index is -3.90. The Kier molecular flexibility index (Phi) is 6.51. The summed E-state index contributed by atoms with van der Waals surface area (Å²) in [5.41, 5.74) is 0. The van der Waals surface area contributed by atoms with Gasteiger partial charge in [0.2, 0.25) is 15.9 Å². The molecule has 0 radical (unpaired) electrons. The van der Waals surface area contributed by atoms with E-state index in [1.54, 1.807) is 25.1 Å². The summed E-state index contributed by atoms with van der Waals surface area (Å²) < 4.78 is 49.2. The van der Waals surface area contributed by atoms with Crippen LogP contribution in [-0.4, -0.2) is 47.3 Å². The quantitative estimate of drug-likeness (QED) is 0.682. The molecule has 0 bridgehead atoms. The van der Waals surface area contributed by atoms with Crippen molar-refractivity contribution in [2.24, 2.45) is 0 Å². The van der Waals surface area contributed by atoms with Gasteiger partial charge >= 0.3 is 0 Å². The average Bonchev–Trinajstić information content (AvgIpc) is 2.43. The van der Waals surface area contributed by atoms with Gasteiger partial charge in [-0.25, -0.2) is 16.8 Å². The number of carbonyl (C=O) groups is 1. The lowest BCUT2D eigenvalue weighted by Crippen LogP contribution is -2.47. The van der Waals surface area contributed by atoms with Gasteiger partial charge in [-0.1, -0.05) is 18.2 Å². The molecule has 0 aromatic heterocycles. The maximum Gasteiger partial charge on any atom is 0.241 e. The molecule has 0 fully saturated rings. The third kappa shape index (κ3) is 6.12. The lowest BCUT2D eigenvalue weighted by Gasteiger charge is -2.17. The Morgan fingerprint density at radius 3 is 2.23 bits per heavy atom.